The lowest BCUT2D eigenvalue weighted by Crippen LogP contribution is -2.30. The van der Waals surface area contributed by atoms with Crippen molar-refractivity contribution < 1.29 is 4.43 Å². The van der Waals surface area contributed by atoms with E-state index in [2.05, 4.69) is 25.3 Å². The Morgan fingerprint density at radius 2 is 2.08 bits per heavy atom. The minimum absolute atomic E-state index is 1.17. The van der Waals surface area contributed by atoms with Crippen molar-refractivity contribution in [3.63, 3.8) is 0 Å². The van der Waals surface area contributed by atoms with E-state index in [0.717, 1.165) is 0 Å². The lowest BCUT2D eigenvalue weighted by molar-refractivity contribution is 0.434. The molecule has 0 saturated heterocycles. The van der Waals surface area contributed by atoms with Crippen molar-refractivity contribution in [1.82, 2.24) is 0 Å². The molecule has 0 bridgehead atoms. The molecular weight excluding hydrogens is 164 g/mol. The fourth-order valence-corrected chi connectivity index (χ4v) is 2.51. The van der Waals surface area contributed by atoms with Crippen molar-refractivity contribution >= 4 is 20.3 Å². The van der Waals surface area contributed by atoms with Gasteiger partial charge in [0.1, 0.15) is 0 Å². The SMILES string of the molecule is C=Cc1ccccc1[SiH](C)OC. The van der Waals surface area contributed by atoms with E-state index in [9.17, 15) is 0 Å². The van der Waals surface area contributed by atoms with Gasteiger partial charge in [0, 0.05) is 7.11 Å². The van der Waals surface area contributed by atoms with Gasteiger partial charge >= 0.3 is 0 Å². The molecule has 2 heteroatoms. The Labute approximate surface area is 75.4 Å². The van der Waals surface area contributed by atoms with Gasteiger partial charge in [-0.15, -0.1) is 0 Å². The summed E-state index contributed by atoms with van der Waals surface area (Å²) < 4.78 is 5.37. The second kappa shape index (κ2) is 4.23. The first kappa shape index (κ1) is 9.23. The molecule has 64 valence electrons. The van der Waals surface area contributed by atoms with Crippen LogP contribution in [0, 0.1) is 0 Å². The van der Waals surface area contributed by atoms with Gasteiger partial charge < -0.3 is 4.43 Å². The largest absolute Gasteiger partial charge is 0.419 e. The van der Waals surface area contributed by atoms with Crippen LogP contribution in [-0.4, -0.2) is 16.2 Å². The zero-order chi connectivity index (χ0) is 8.97. The predicted molar refractivity (Wildman–Crippen MR) is 56.2 cm³/mol. The second-order valence-corrected chi connectivity index (χ2v) is 5.09. The smallest absolute Gasteiger partial charge is 0.205 e. The van der Waals surface area contributed by atoms with E-state index in [-0.39, 0.29) is 0 Å². The van der Waals surface area contributed by atoms with E-state index in [0.29, 0.717) is 0 Å². The summed E-state index contributed by atoms with van der Waals surface area (Å²) in [6.07, 6.45) is 1.89. The van der Waals surface area contributed by atoms with Crippen LogP contribution in [0.4, 0.5) is 0 Å². The maximum Gasteiger partial charge on any atom is 0.205 e. The van der Waals surface area contributed by atoms with Gasteiger partial charge in [0.15, 0.2) is 0 Å². The zero-order valence-electron chi connectivity index (χ0n) is 7.58. The molecular formula is C10H14OSi. The van der Waals surface area contributed by atoms with Gasteiger partial charge in [-0.05, 0) is 17.3 Å². The molecule has 0 fully saturated rings. The summed E-state index contributed by atoms with van der Waals surface area (Å²) in [6.45, 7) is 5.94. The third kappa shape index (κ3) is 1.84. The summed E-state index contributed by atoms with van der Waals surface area (Å²) in [5.41, 5.74) is 1.21. The molecule has 1 aromatic rings. The number of benzene rings is 1. The van der Waals surface area contributed by atoms with Gasteiger partial charge in [-0.25, -0.2) is 0 Å². The molecule has 0 amide bonds. The van der Waals surface area contributed by atoms with Gasteiger partial charge in [-0.3, -0.25) is 0 Å². The zero-order valence-corrected chi connectivity index (χ0v) is 8.73. The standard InChI is InChI=1S/C10H14OSi/c1-4-9-7-5-6-8-10(9)12(3)11-2/h4-8,12H,1H2,2-3H3. The molecule has 1 unspecified atom stereocenters. The molecule has 0 spiro atoms. The van der Waals surface area contributed by atoms with Crippen molar-refractivity contribution in [2.24, 2.45) is 0 Å². The first-order chi connectivity index (χ1) is 5.79. The highest BCUT2D eigenvalue weighted by molar-refractivity contribution is 6.66. The molecule has 0 heterocycles. The molecule has 0 aliphatic heterocycles. The van der Waals surface area contributed by atoms with Crippen LogP contribution in [0.2, 0.25) is 6.55 Å². The van der Waals surface area contributed by atoms with Crippen LogP contribution in [0.15, 0.2) is 30.8 Å². The molecule has 1 nitrogen and oxygen atoms in total. The van der Waals surface area contributed by atoms with Crippen molar-refractivity contribution in [3.8, 4) is 0 Å². The molecule has 0 N–H and O–H groups in total. The minimum atomic E-state index is -1.17. The molecule has 12 heavy (non-hydrogen) atoms. The Bertz CT molecular complexity index is 270. The topological polar surface area (TPSA) is 9.23 Å². The molecule has 0 saturated carbocycles. The Hall–Kier alpha value is -0.863. The summed E-state index contributed by atoms with van der Waals surface area (Å²) in [4.78, 5) is 0. The monoisotopic (exact) mass is 178 g/mol. The van der Waals surface area contributed by atoms with Gasteiger partial charge in [-0.1, -0.05) is 36.9 Å². The highest BCUT2D eigenvalue weighted by Crippen LogP contribution is 1.99. The first-order valence-corrected chi connectivity index (χ1v) is 6.24. The average Bonchev–Trinajstić information content (AvgIpc) is 2.16. The van der Waals surface area contributed by atoms with E-state index in [1.807, 2.05) is 18.2 Å². The number of hydrogen-bond acceptors (Lipinski definition) is 1. The molecule has 1 atom stereocenters. The van der Waals surface area contributed by atoms with Crippen molar-refractivity contribution in [2.75, 3.05) is 7.11 Å². The summed E-state index contributed by atoms with van der Waals surface area (Å²) in [6, 6.07) is 8.27. The fraction of sp³-hybridized carbons (Fsp3) is 0.200. The predicted octanol–water partition coefficient (Wildman–Crippen LogP) is 1.54. The maximum absolute atomic E-state index is 5.37. The summed E-state index contributed by atoms with van der Waals surface area (Å²) in [7, 11) is 0.607. The minimum Gasteiger partial charge on any atom is -0.419 e. The lowest BCUT2D eigenvalue weighted by atomic mass is 10.2. The van der Waals surface area contributed by atoms with Gasteiger partial charge in [0.25, 0.3) is 0 Å². The van der Waals surface area contributed by atoms with Gasteiger partial charge in [0.05, 0.1) is 0 Å². The normalized spacial score (nSPS) is 12.5. The average molecular weight is 178 g/mol. The molecule has 0 aliphatic rings. The van der Waals surface area contributed by atoms with E-state index in [1.165, 1.54) is 10.8 Å². The first-order valence-electron chi connectivity index (χ1n) is 4.03. The third-order valence-electron chi connectivity index (χ3n) is 2.01. The Kier molecular flexibility index (Phi) is 3.26. The highest BCUT2D eigenvalue weighted by Gasteiger charge is 2.08. The summed E-state index contributed by atoms with van der Waals surface area (Å²) in [5, 5.41) is 1.33. The van der Waals surface area contributed by atoms with Crippen molar-refractivity contribution in [3.05, 3.63) is 36.4 Å². The molecule has 0 radical (unpaired) electrons. The molecule has 1 rings (SSSR count). The van der Waals surface area contributed by atoms with Crippen LogP contribution in [0.5, 0.6) is 0 Å². The van der Waals surface area contributed by atoms with Crippen LogP contribution in [0.25, 0.3) is 6.08 Å². The van der Waals surface area contributed by atoms with Crippen LogP contribution in [-0.2, 0) is 4.43 Å². The second-order valence-electron chi connectivity index (χ2n) is 2.71. The van der Waals surface area contributed by atoms with Gasteiger partial charge in [-0.2, -0.15) is 0 Å². The molecule has 0 aromatic heterocycles. The fourth-order valence-electron chi connectivity index (χ4n) is 1.19. The number of rotatable bonds is 3. The maximum atomic E-state index is 5.37. The van der Waals surface area contributed by atoms with Crippen molar-refractivity contribution in [1.29, 1.82) is 0 Å². The lowest BCUT2D eigenvalue weighted by Gasteiger charge is -2.10. The van der Waals surface area contributed by atoms with E-state index in [1.54, 1.807) is 7.11 Å². The van der Waals surface area contributed by atoms with Crippen LogP contribution < -0.4 is 5.19 Å². The van der Waals surface area contributed by atoms with E-state index < -0.39 is 9.04 Å². The van der Waals surface area contributed by atoms with E-state index >= 15 is 0 Å². The van der Waals surface area contributed by atoms with Crippen molar-refractivity contribution in [2.45, 2.75) is 6.55 Å². The van der Waals surface area contributed by atoms with E-state index in [4.69, 9.17) is 4.43 Å². The van der Waals surface area contributed by atoms with Crippen LogP contribution >= 0.6 is 0 Å². The third-order valence-corrected chi connectivity index (χ3v) is 4.12. The number of hydrogen-bond donors (Lipinski definition) is 0. The molecule has 0 aliphatic carbocycles. The Balaban J connectivity index is 3.04. The van der Waals surface area contributed by atoms with Crippen LogP contribution in [0.1, 0.15) is 5.56 Å². The van der Waals surface area contributed by atoms with Crippen LogP contribution in [0.3, 0.4) is 0 Å². The highest BCUT2D eigenvalue weighted by atomic mass is 28.3. The molecule has 1 aromatic carbocycles. The quantitative estimate of drug-likeness (QED) is 0.638. The Morgan fingerprint density at radius 3 is 2.67 bits per heavy atom. The Morgan fingerprint density at radius 1 is 1.42 bits per heavy atom. The summed E-state index contributed by atoms with van der Waals surface area (Å²) >= 11 is 0. The summed E-state index contributed by atoms with van der Waals surface area (Å²) in [5.74, 6) is 0. The van der Waals surface area contributed by atoms with Gasteiger partial charge in [0.2, 0.25) is 9.04 Å².